The summed E-state index contributed by atoms with van der Waals surface area (Å²) in [5.74, 6) is -0.267. The lowest BCUT2D eigenvalue weighted by Gasteiger charge is -2.04. The number of nitrogens with zero attached hydrogens (tertiary/aromatic N) is 4. The molecule has 0 saturated heterocycles. The number of nitrogens with one attached hydrogen (secondary N) is 2. The Labute approximate surface area is 123 Å². The van der Waals surface area contributed by atoms with Gasteiger partial charge in [0.25, 0.3) is 11.6 Å². The average molecular weight is 308 g/mol. The summed E-state index contributed by atoms with van der Waals surface area (Å²) >= 11 is 1.22. The van der Waals surface area contributed by atoms with Crippen molar-refractivity contribution in [3.63, 3.8) is 0 Å². The number of carbonyl (C=O) groups excluding carboxylic acids is 1. The van der Waals surface area contributed by atoms with Crippen LogP contribution in [0.15, 0.2) is 12.3 Å². The zero-order valence-corrected chi connectivity index (χ0v) is 12.1. The van der Waals surface area contributed by atoms with Crippen molar-refractivity contribution in [1.29, 1.82) is 0 Å². The molecule has 0 unspecified atom stereocenters. The minimum atomic E-state index is -0.654. The number of aryl methyl sites for hydroxylation is 1. The maximum absolute atomic E-state index is 12.2. The number of pyridine rings is 1. The fourth-order valence-electron chi connectivity index (χ4n) is 1.52. The molecule has 9 nitrogen and oxygen atoms in total. The van der Waals surface area contributed by atoms with Crippen LogP contribution in [0.5, 0.6) is 0 Å². The summed E-state index contributed by atoms with van der Waals surface area (Å²) in [6, 6.07) is 1.31. The third-order valence-corrected chi connectivity index (χ3v) is 3.55. The molecule has 21 heavy (non-hydrogen) atoms. The van der Waals surface area contributed by atoms with Gasteiger partial charge in [0.05, 0.1) is 4.92 Å². The van der Waals surface area contributed by atoms with Crippen molar-refractivity contribution in [1.82, 2.24) is 15.2 Å². The minimum Gasteiger partial charge on any atom is -0.373 e. The molecule has 2 aromatic rings. The van der Waals surface area contributed by atoms with Crippen molar-refractivity contribution in [2.45, 2.75) is 13.3 Å². The number of aromatic nitrogens is 3. The molecule has 0 aliphatic heterocycles. The molecule has 0 radical (unpaired) electrons. The van der Waals surface area contributed by atoms with Crippen LogP contribution in [0.25, 0.3) is 0 Å². The maximum atomic E-state index is 12.2. The van der Waals surface area contributed by atoms with Crippen LogP contribution in [0.3, 0.4) is 0 Å². The molecule has 0 saturated carbocycles. The highest BCUT2D eigenvalue weighted by atomic mass is 32.1. The molecule has 2 N–H and O–H groups in total. The fraction of sp³-hybridized carbons (Fsp3) is 0.273. The van der Waals surface area contributed by atoms with E-state index in [1.54, 1.807) is 7.05 Å². The largest absolute Gasteiger partial charge is 0.373 e. The number of amides is 1. The smallest absolute Gasteiger partial charge is 0.300 e. The van der Waals surface area contributed by atoms with Crippen molar-refractivity contribution in [3.8, 4) is 0 Å². The third-order valence-electron chi connectivity index (χ3n) is 2.57. The number of anilines is 2. The van der Waals surface area contributed by atoms with E-state index in [1.165, 1.54) is 17.4 Å². The first-order valence-corrected chi connectivity index (χ1v) is 6.82. The summed E-state index contributed by atoms with van der Waals surface area (Å²) < 4.78 is 0. The van der Waals surface area contributed by atoms with Crippen LogP contribution in [0.1, 0.15) is 22.3 Å². The number of rotatable bonds is 5. The molecule has 0 aliphatic carbocycles. The molecule has 0 atom stereocenters. The highest BCUT2D eigenvalue weighted by molar-refractivity contribution is 7.15. The summed E-state index contributed by atoms with van der Waals surface area (Å²) in [5.41, 5.74) is -0.459. The van der Waals surface area contributed by atoms with Gasteiger partial charge in [0, 0.05) is 13.1 Å². The van der Waals surface area contributed by atoms with Crippen molar-refractivity contribution >= 4 is 33.9 Å². The number of carbonyl (C=O) groups is 1. The van der Waals surface area contributed by atoms with E-state index < -0.39 is 10.8 Å². The van der Waals surface area contributed by atoms with Crippen LogP contribution in [-0.4, -0.2) is 33.1 Å². The van der Waals surface area contributed by atoms with Gasteiger partial charge in [0.15, 0.2) is 0 Å². The van der Waals surface area contributed by atoms with Crippen LogP contribution in [0, 0.1) is 10.1 Å². The van der Waals surface area contributed by atoms with Crippen LogP contribution in [0.4, 0.5) is 16.6 Å². The second-order valence-electron chi connectivity index (χ2n) is 3.90. The molecule has 2 heterocycles. The second kappa shape index (κ2) is 6.22. The predicted octanol–water partition coefficient (Wildman–Crippen LogP) is 1.70. The molecule has 110 valence electrons. The monoisotopic (exact) mass is 308 g/mol. The zero-order chi connectivity index (χ0) is 15.4. The van der Waals surface area contributed by atoms with Gasteiger partial charge in [-0.15, -0.1) is 10.2 Å². The topological polar surface area (TPSA) is 123 Å². The van der Waals surface area contributed by atoms with Crippen molar-refractivity contribution in [3.05, 3.63) is 32.9 Å². The van der Waals surface area contributed by atoms with E-state index >= 15 is 0 Å². The summed E-state index contributed by atoms with van der Waals surface area (Å²) in [7, 11) is 1.61. The van der Waals surface area contributed by atoms with Gasteiger partial charge in [0.2, 0.25) is 5.13 Å². The maximum Gasteiger partial charge on any atom is 0.300 e. The SMILES string of the molecule is CCc1nnc(NC(=O)c2cc(NC)ncc2[N+](=O)[O-])s1. The number of nitro groups is 1. The lowest BCUT2D eigenvalue weighted by Crippen LogP contribution is -2.14. The molecule has 2 aromatic heterocycles. The van der Waals surface area contributed by atoms with Crippen molar-refractivity contribution in [2.75, 3.05) is 17.7 Å². The van der Waals surface area contributed by atoms with Gasteiger partial charge in [-0.1, -0.05) is 18.3 Å². The Kier molecular flexibility index (Phi) is 4.38. The molecule has 0 aliphatic rings. The van der Waals surface area contributed by atoms with Crippen molar-refractivity contribution < 1.29 is 9.72 Å². The first kappa shape index (κ1) is 14.8. The van der Waals surface area contributed by atoms with Gasteiger partial charge >= 0.3 is 0 Å². The van der Waals surface area contributed by atoms with E-state index in [1.807, 2.05) is 6.92 Å². The molecule has 1 amide bonds. The predicted molar refractivity (Wildman–Crippen MR) is 77.7 cm³/mol. The number of hydrogen-bond donors (Lipinski definition) is 2. The summed E-state index contributed by atoms with van der Waals surface area (Å²) in [4.78, 5) is 26.3. The Balaban J connectivity index is 2.30. The van der Waals surface area contributed by atoms with Gasteiger partial charge in [-0.3, -0.25) is 20.2 Å². The normalized spacial score (nSPS) is 10.2. The van der Waals surface area contributed by atoms with Crippen LogP contribution >= 0.6 is 11.3 Å². The first-order valence-electron chi connectivity index (χ1n) is 6.01. The standard InChI is InChI=1S/C11H12N6O3S/c1-3-9-15-16-11(21-9)14-10(18)6-4-8(12-2)13-5-7(6)17(19)20/h4-5H,3H2,1-2H3,(H,12,13)(H,14,16,18). The molecule has 0 aromatic carbocycles. The van der Waals surface area contributed by atoms with E-state index in [2.05, 4.69) is 25.8 Å². The minimum absolute atomic E-state index is 0.0902. The van der Waals surface area contributed by atoms with Crippen LogP contribution < -0.4 is 10.6 Å². The van der Waals surface area contributed by atoms with E-state index in [9.17, 15) is 14.9 Å². The van der Waals surface area contributed by atoms with Crippen LogP contribution in [0.2, 0.25) is 0 Å². The third kappa shape index (κ3) is 3.28. The fourth-order valence-corrected chi connectivity index (χ4v) is 2.20. The Morgan fingerprint density at radius 3 is 2.81 bits per heavy atom. The Bertz CT molecular complexity index is 686. The highest BCUT2D eigenvalue weighted by Crippen LogP contribution is 2.22. The Morgan fingerprint density at radius 1 is 1.48 bits per heavy atom. The van der Waals surface area contributed by atoms with Gasteiger partial charge in [-0.2, -0.15) is 0 Å². The second-order valence-corrected chi connectivity index (χ2v) is 4.96. The molecule has 10 heteroatoms. The molecule has 0 bridgehead atoms. The highest BCUT2D eigenvalue weighted by Gasteiger charge is 2.22. The lowest BCUT2D eigenvalue weighted by molar-refractivity contribution is -0.385. The van der Waals surface area contributed by atoms with Gasteiger partial charge < -0.3 is 5.32 Å². The summed E-state index contributed by atoms with van der Waals surface area (Å²) in [6.07, 6.45) is 1.74. The summed E-state index contributed by atoms with van der Waals surface area (Å²) in [6.45, 7) is 1.92. The quantitative estimate of drug-likeness (QED) is 0.636. The van der Waals surface area contributed by atoms with Gasteiger partial charge in [0.1, 0.15) is 22.6 Å². The van der Waals surface area contributed by atoms with Crippen molar-refractivity contribution in [2.24, 2.45) is 0 Å². The Morgan fingerprint density at radius 2 is 2.24 bits per heavy atom. The Hall–Kier alpha value is -2.62. The summed E-state index contributed by atoms with van der Waals surface area (Å²) in [5, 5.41) is 24.9. The van der Waals surface area contributed by atoms with E-state index in [0.717, 1.165) is 11.2 Å². The van der Waals surface area contributed by atoms with E-state index in [0.29, 0.717) is 17.4 Å². The van der Waals surface area contributed by atoms with Gasteiger partial charge in [-0.25, -0.2) is 4.98 Å². The molecule has 2 rings (SSSR count). The van der Waals surface area contributed by atoms with E-state index in [4.69, 9.17) is 0 Å². The molecule has 0 spiro atoms. The average Bonchev–Trinajstić information content (AvgIpc) is 2.94. The zero-order valence-electron chi connectivity index (χ0n) is 11.3. The van der Waals surface area contributed by atoms with Crippen LogP contribution in [-0.2, 0) is 6.42 Å². The van der Waals surface area contributed by atoms with E-state index in [-0.39, 0.29) is 11.3 Å². The van der Waals surface area contributed by atoms with Gasteiger partial charge in [-0.05, 0) is 6.42 Å². The molecular weight excluding hydrogens is 296 g/mol. The first-order chi connectivity index (χ1) is 10.0. The molecular formula is C11H12N6O3S. The molecule has 0 fully saturated rings. The lowest BCUT2D eigenvalue weighted by atomic mass is 10.2. The number of hydrogen-bond acceptors (Lipinski definition) is 8.